The van der Waals surface area contributed by atoms with Gasteiger partial charge in [0.15, 0.2) is 0 Å². The number of hydrogen-bond donors (Lipinski definition) is 2. The molecule has 0 aliphatic rings. The Hall–Kier alpha value is -2.12. The smallest absolute Gasteiger partial charge is 0.349 e. The molecule has 0 bridgehead atoms. The Bertz CT molecular complexity index is 288. The minimum absolute atomic E-state index is 0.905. The van der Waals surface area contributed by atoms with Crippen molar-refractivity contribution in [2.45, 2.75) is 26.1 Å². The van der Waals surface area contributed by atoms with Gasteiger partial charge in [-0.1, -0.05) is 0 Å². The first-order chi connectivity index (χ1) is 7.25. The zero-order valence-corrected chi connectivity index (χ0v) is 8.50. The molecule has 0 saturated heterocycles. The molecule has 0 heterocycles. The molecular weight excluding hydrogens is 224 g/mol. The Morgan fingerprint density at radius 1 is 0.812 bits per heavy atom. The van der Waals surface area contributed by atoms with Gasteiger partial charge >= 0.3 is 23.9 Å². The summed E-state index contributed by atoms with van der Waals surface area (Å²) in [5, 5.41) is 17.2. The number of hydrogen-bond acceptors (Lipinski definition) is 6. The van der Waals surface area contributed by atoms with Crippen molar-refractivity contribution in [1.82, 2.24) is 0 Å². The zero-order valence-electron chi connectivity index (χ0n) is 8.50. The molecular formula is C8H10O8. The standard InChI is InChI=1S/C8H10O8/c1-3(9)15-5(7(11)12)6(8(13)14)16-4(2)10/h5-6H,1-2H3,(H,11,12)(H,13,14)/t5-,6-/m1/s1. The molecule has 0 fully saturated rings. The summed E-state index contributed by atoms with van der Waals surface area (Å²) in [7, 11) is 0. The number of carboxylic acids is 2. The van der Waals surface area contributed by atoms with Crippen LogP contribution in [0.5, 0.6) is 0 Å². The number of rotatable bonds is 5. The third kappa shape index (κ3) is 4.40. The third-order valence-corrected chi connectivity index (χ3v) is 1.35. The molecule has 0 aliphatic heterocycles. The number of carboxylic acid groups (broad SMARTS) is 2. The number of ether oxygens (including phenoxy) is 2. The maximum Gasteiger partial charge on any atom is 0.349 e. The second kappa shape index (κ2) is 5.69. The van der Waals surface area contributed by atoms with Gasteiger partial charge in [0.05, 0.1) is 0 Å². The molecule has 0 aliphatic carbocycles. The van der Waals surface area contributed by atoms with Gasteiger partial charge in [0.25, 0.3) is 0 Å². The maximum absolute atomic E-state index is 10.6. The van der Waals surface area contributed by atoms with Crippen LogP contribution in [0.25, 0.3) is 0 Å². The molecule has 8 nitrogen and oxygen atoms in total. The van der Waals surface area contributed by atoms with Gasteiger partial charge in [0.1, 0.15) is 0 Å². The van der Waals surface area contributed by atoms with Crippen molar-refractivity contribution in [3.05, 3.63) is 0 Å². The predicted octanol–water partition coefficient (Wildman–Crippen LogP) is -0.981. The molecule has 8 heteroatoms. The first-order valence-electron chi connectivity index (χ1n) is 4.05. The van der Waals surface area contributed by atoms with E-state index in [1.807, 2.05) is 0 Å². The van der Waals surface area contributed by atoms with Crippen LogP contribution in [-0.4, -0.2) is 46.3 Å². The molecule has 0 radical (unpaired) electrons. The molecule has 0 aromatic heterocycles. The lowest BCUT2D eigenvalue weighted by atomic mass is 10.2. The van der Waals surface area contributed by atoms with E-state index >= 15 is 0 Å². The van der Waals surface area contributed by atoms with Gasteiger partial charge in [0.2, 0.25) is 12.2 Å². The Morgan fingerprint density at radius 3 is 1.19 bits per heavy atom. The molecule has 0 saturated carbocycles. The Kier molecular flexibility index (Phi) is 4.93. The van der Waals surface area contributed by atoms with Crippen LogP contribution in [0, 0.1) is 0 Å². The van der Waals surface area contributed by atoms with Crippen LogP contribution >= 0.6 is 0 Å². The van der Waals surface area contributed by atoms with E-state index in [-0.39, 0.29) is 0 Å². The second-order valence-electron chi connectivity index (χ2n) is 2.74. The highest BCUT2D eigenvalue weighted by Crippen LogP contribution is 2.07. The van der Waals surface area contributed by atoms with Crippen molar-refractivity contribution in [2.24, 2.45) is 0 Å². The molecule has 0 aromatic carbocycles. The summed E-state index contributed by atoms with van der Waals surface area (Å²) in [6, 6.07) is 0. The van der Waals surface area contributed by atoms with Gasteiger partial charge in [-0.15, -0.1) is 0 Å². The van der Waals surface area contributed by atoms with Gasteiger partial charge in [-0.05, 0) is 0 Å². The van der Waals surface area contributed by atoms with Crippen LogP contribution in [0.4, 0.5) is 0 Å². The van der Waals surface area contributed by atoms with Gasteiger partial charge in [0, 0.05) is 13.8 Å². The van der Waals surface area contributed by atoms with Gasteiger partial charge < -0.3 is 19.7 Å². The van der Waals surface area contributed by atoms with Crippen LogP contribution in [0.1, 0.15) is 13.8 Å². The summed E-state index contributed by atoms with van der Waals surface area (Å²) in [6.07, 6.45) is -4.14. The molecule has 16 heavy (non-hydrogen) atoms. The fourth-order valence-corrected chi connectivity index (χ4v) is 0.841. The first kappa shape index (κ1) is 13.9. The van der Waals surface area contributed by atoms with Gasteiger partial charge in [-0.2, -0.15) is 0 Å². The molecule has 0 rings (SSSR count). The largest absolute Gasteiger partial charge is 0.478 e. The summed E-state index contributed by atoms with van der Waals surface area (Å²) in [5.41, 5.74) is 0. The normalized spacial score (nSPS) is 13.4. The fraction of sp³-hybridized carbons (Fsp3) is 0.500. The highest BCUT2D eigenvalue weighted by molar-refractivity contribution is 5.87. The van der Waals surface area contributed by atoms with E-state index < -0.39 is 36.1 Å². The molecule has 90 valence electrons. The number of aliphatic carboxylic acids is 2. The number of carbonyl (C=O) groups excluding carboxylic acids is 2. The van der Waals surface area contributed by atoms with Crippen molar-refractivity contribution in [1.29, 1.82) is 0 Å². The molecule has 2 N–H and O–H groups in total. The Balaban J connectivity index is 4.93. The van der Waals surface area contributed by atoms with Crippen molar-refractivity contribution >= 4 is 23.9 Å². The van der Waals surface area contributed by atoms with E-state index in [0.29, 0.717) is 0 Å². The van der Waals surface area contributed by atoms with Gasteiger partial charge in [-0.25, -0.2) is 9.59 Å². The first-order valence-corrected chi connectivity index (χ1v) is 4.05. The molecule has 0 amide bonds. The summed E-state index contributed by atoms with van der Waals surface area (Å²) in [6.45, 7) is 1.81. The van der Waals surface area contributed by atoms with Crippen molar-refractivity contribution in [3.8, 4) is 0 Å². The maximum atomic E-state index is 10.6. The molecule has 0 aromatic rings. The van der Waals surface area contributed by atoms with E-state index in [1.54, 1.807) is 0 Å². The average molecular weight is 234 g/mol. The molecule has 2 atom stereocenters. The summed E-state index contributed by atoms with van der Waals surface area (Å²) >= 11 is 0. The minimum atomic E-state index is -2.07. The van der Waals surface area contributed by atoms with Crippen molar-refractivity contribution in [2.75, 3.05) is 0 Å². The lowest BCUT2D eigenvalue weighted by Gasteiger charge is -2.19. The number of esters is 2. The molecule has 0 unspecified atom stereocenters. The van der Waals surface area contributed by atoms with Crippen LogP contribution in [0.3, 0.4) is 0 Å². The van der Waals surface area contributed by atoms with Crippen LogP contribution in [0.2, 0.25) is 0 Å². The predicted molar refractivity (Wildman–Crippen MR) is 46.4 cm³/mol. The lowest BCUT2D eigenvalue weighted by molar-refractivity contribution is -0.185. The quantitative estimate of drug-likeness (QED) is 0.581. The highest BCUT2D eigenvalue weighted by Gasteiger charge is 2.39. The summed E-state index contributed by atoms with van der Waals surface area (Å²) < 4.78 is 8.48. The summed E-state index contributed by atoms with van der Waals surface area (Å²) in [4.78, 5) is 42.4. The third-order valence-electron chi connectivity index (χ3n) is 1.35. The Morgan fingerprint density at radius 2 is 1.06 bits per heavy atom. The van der Waals surface area contributed by atoms with E-state index in [9.17, 15) is 19.2 Å². The van der Waals surface area contributed by atoms with E-state index in [1.165, 1.54) is 0 Å². The SMILES string of the molecule is CC(=O)O[C@@H](C(=O)O)[C@@H](OC(C)=O)C(=O)O. The van der Waals surface area contributed by atoms with E-state index in [2.05, 4.69) is 9.47 Å². The van der Waals surface area contributed by atoms with Crippen molar-refractivity contribution < 1.29 is 38.9 Å². The number of carbonyl (C=O) groups is 4. The second-order valence-corrected chi connectivity index (χ2v) is 2.74. The van der Waals surface area contributed by atoms with E-state index in [0.717, 1.165) is 13.8 Å². The van der Waals surface area contributed by atoms with Crippen LogP contribution in [-0.2, 0) is 28.7 Å². The highest BCUT2D eigenvalue weighted by atomic mass is 16.6. The monoisotopic (exact) mass is 234 g/mol. The van der Waals surface area contributed by atoms with E-state index in [4.69, 9.17) is 10.2 Å². The Labute approximate surface area is 89.8 Å². The van der Waals surface area contributed by atoms with Crippen LogP contribution in [0.15, 0.2) is 0 Å². The lowest BCUT2D eigenvalue weighted by Crippen LogP contribution is -2.45. The van der Waals surface area contributed by atoms with Gasteiger partial charge in [-0.3, -0.25) is 9.59 Å². The fourth-order valence-electron chi connectivity index (χ4n) is 0.841. The molecule has 0 spiro atoms. The minimum Gasteiger partial charge on any atom is -0.478 e. The van der Waals surface area contributed by atoms with Crippen LogP contribution < -0.4 is 0 Å². The topological polar surface area (TPSA) is 127 Å². The summed E-state index contributed by atoms with van der Waals surface area (Å²) in [5.74, 6) is -5.43. The zero-order chi connectivity index (χ0) is 12.9. The van der Waals surface area contributed by atoms with Crippen molar-refractivity contribution in [3.63, 3.8) is 0 Å². The average Bonchev–Trinajstić information content (AvgIpc) is 2.09.